The second-order valence-corrected chi connectivity index (χ2v) is 8.10. The normalized spacial score (nSPS) is 23.3. The highest BCUT2D eigenvalue weighted by atomic mass is 19.1. The molecule has 0 radical (unpaired) electrons. The van der Waals surface area contributed by atoms with Crippen molar-refractivity contribution in [2.75, 3.05) is 19.6 Å². The minimum Gasteiger partial charge on any atom is -0.297 e. The molecule has 2 bridgehead atoms. The molecule has 3 nitrogen and oxygen atoms in total. The second-order valence-electron chi connectivity index (χ2n) is 8.10. The van der Waals surface area contributed by atoms with Crippen LogP contribution in [0, 0.1) is 11.7 Å². The number of piperidine rings is 1. The smallest absolute Gasteiger partial charge is 0.159 e. The number of rotatable bonds is 5. The third-order valence-electron chi connectivity index (χ3n) is 5.97. The van der Waals surface area contributed by atoms with Crippen molar-refractivity contribution in [3.63, 3.8) is 0 Å². The Morgan fingerprint density at radius 1 is 0.926 bits per heavy atom. The maximum Gasteiger partial charge on any atom is 0.159 e. The fraction of sp³-hybridized carbons (Fsp3) is 0.435. The van der Waals surface area contributed by atoms with Crippen LogP contribution in [0.3, 0.4) is 0 Å². The Bertz CT molecular complexity index is 787. The van der Waals surface area contributed by atoms with E-state index in [4.69, 9.17) is 0 Å². The Balaban J connectivity index is 1.41. The first kappa shape index (κ1) is 18.3. The van der Waals surface area contributed by atoms with Crippen LogP contribution in [0.15, 0.2) is 48.5 Å². The molecule has 142 valence electrons. The van der Waals surface area contributed by atoms with Gasteiger partial charge >= 0.3 is 0 Å². The van der Waals surface area contributed by atoms with E-state index in [1.165, 1.54) is 24.0 Å². The molecule has 4 heteroatoms. The Kier molecular flexibility index (Phi) is 5.37. The van der Waals surface area contributed by atoms with E-state index in [1.54, 1.807) is 19.1 Å². The number of hydrogen-bond acceptors (Lipinski definition) is 3. The van der Waals surface area contributed by atoms with Gasteiger partial charge in [-0.3, -0.25) is 14.6 Å². The third kappa shape index (κ3) is 4.45. The molecule has 2 aromatic carbocycles. The van der Waals surface area contributed by atoms with Crippen LogP contribution < -0.4 is 0 Å². The van der Waals surface area contributed by atoms with E-state index in [1.807, 2.05) is 24.3 Å². The fourth-order valence-corrected chi connectivity index (χ4v) is 4.53. The van der Waals surface area contributed by atoms with Crippen LogP contribution in [-0.2, 0) is 13.1 Å². The van der Waals surface area contributed by atoms with Gasteiger partial charge in [-0.15, -0.1) is 0 Å². The highest BCUT2D eigenvalue weighted by Gasteiger charge is 2.34. The second kappa shape index (κ2) is 7.91. The summed E-state index contributed by atoms with van der Waals surface area (Å²) in [6, 6.07) is 15.5. The molecule has 3 fully saturated rings. The first-order valence-corrected chi connectivity index (χ1v) is 9.87. The van der Waals surface area contributed by atoms with Gasteiger partial charge in [0.05, 0.1) is 0 Å². The molecule has 0 saturated carbocycles. The molecule has 0 N–H and O–H groups in total. The number of carbonyl (C=O) groups is 1. The summed E-state index contributed by atoms with van der Waals surface area (Å²) in [4.78, 5) is 16.6. The number of ketones is 1. The van der Waals surface area contributed by atoms with Crippen LogP contribution in [0.25, 0.3) is 0 Å². The Labute approximate surface area is 160 Å². The molecule has 3 heterocycles. The van der Waals surface area contributed by atoms with Crippen LogP contribution in [-0.4, -0.2) is 41.3 Å². The molecular formula is C23H27FN2O. The van der Waals surface area contributed by atoms with Gasteiger partial charge in [-0.1, -0.05) is 36.4 Å². The lowest BCUT2D eigenvalue weighted by Crippen LogP contribution is -2.43. The zero-order chi connectivity index (χ0) is 18.8. The molecule has 3 aliphatic heterocycles. The molecule has 2 atom stereocenters. The zero-order valence-electron chi connectivity index (χ0n) is 15.9. The number of nitrogens with zero attached hydrogens (tertiary/aromatic N) is 2. The maximum atomic E-state index is 13.2. The lowest BCUT2D eigenvalue weighted by Gasteiger charge is -2.36. The zero-order valence-corrected chi connectivity index (χ0v) is 15.9. The van der Waals surface area contributed by atoms with E-state index in [2.05, 4.69) is 21.9 Å². The van der Waals surface area contributed by atoms with Crippen LogP contribution in [0.2, 0.25) is 0 Å². The number of hydrogen-bond donors (Lipinski definition) is 0. The summed E-state index contributed by atoms with van der Waals surface area (Å²) in [6.45, 7) is 6.78. The first-order valence-electron chi connectivity index (χ1n) is 9.87. The van der Waals surface area contributed by atoms with E-state index in [0.717, 1.165) is 38.3 Å². The van der Waals surface area contributed by atoms with Crippen molar-refractivity contribution in [3.05, 3.63) is 71.0 Å². The highest BCUT2D eigenvalue weighted by Crippen LogP contribution is 2.30. The molecule has 0 unspecified atom stereocenters. The topological polar surface area (TPSA) is 23.6 Å². The minimum atomic E-state index is -0.170. The average Bonchev–Trinajstić information content (AvgIpc) is 2.95. The van der Waals surface area contributed by atoms with Gasteiger partial charge in [-0.05, 0) is 48.9 Å². The predicted octanol–water partition coefficient (Wildman–Crippen LogP) is 4.12. The number of fused-ring (bicyclic) bond motifs is 4. The maximum absolute atomic E-state index is 13.2. The van der Waals surface area contributed by atoms with Crippen molar-refractivity contribution in [2.24, 2.45) is 5.92 Å². The van der Waals surface area contributed by atoms with Crippen molar-refractivity contribution < 1.29 is 9.18 Å². The molecular weight excluding hydrogens is 339 g/mol. The largest absolute Gasteiger partial charge is 0.297 e. The van der Waals surface area contributed by atoms with Gasteiger partial charge in [0.1, 0.15) is 5.82 Å². The minimum absolute atomic E-state index is 0.117. The van der Waals surface area contributed by atoms with Crippen molar-refractivity contribution in [3.8, 4) is 0 Å². The monoisotopic (exact) mass is 366 g/mol. The summed E-state index contributed by atoms with van der Waals surface area (Å²) >= 11 is 0. The molecule has 3 saturated heterocycles. The van der Waals surface area contributed by atoms with Gasteiger partial charge in [-0.25, -0.2) is 4.39 Å². The molecule has 5 rings (SSSR count). The lowest BCUT2D eigenvalue weighted by molar-refractivity contribution is 0.101. The number of benzene rings is 2. The third-order valence-corrected chi connectivity index (χ3v) is 5.97. The van der Waals surface area contributed by atoms with Crippen LogP contribution in [0.4, 0.5) is 4.39 Å². The standard InChI is InChI=1S/C23H27FN2O/c1-17(27)21-7-2-19(3-8-21)14-26-15-20-6-11-23(26)16-25(13-20)12-18-4-9-22(24)10-5-18/h2-5,7-10,20,23H,6,11-16H2,1H3/t20-,23+/m0/s1. The lowest BCUT2D eigenvalue weighted by atomic mass is 9.94. The summed E-state index contributed by atoms with van der Waals surface area (Å²) in [5.41, 5.74) is 3.24. The average molecular weight is 366 g/mol. The molecule has 2 aromatic rings. The van der Waals surface area contributed by atoms with Crippen LogP contribution in [0.1, 0.15) is 41.3 Å². The van der Waals surface area contributed by atoms with Crippen LogP contribution >= 0.6 is 0 Å². The first-order chi connectivity index (χ1) is 13.1. The van der Waals surface area contributed by atoms with Gasteiger partial charge in [-0.2, -0.15) is 0 Å². The quantitative estimate of drug-likeness (QED) is 0.744. The Hall–Kier alpha value is -2.04. The molecule has 0 aromatic heterocycles. The Morgan fingerprint density at radius 3 is 2.30 bits per heavy atom. The number of carbonyl (C=O) groups excluding carboxylic acids is 1. The Morgan fingerprint density at radius 2 is 1.59 bits per heavy atom. The summed E-state index contributed by atoms with van der Waals surface area (Å²) in [5, 5.41) is 0. The van der Waals surface area contributed by atoms with Gasteiger partial charge in [0, 0.05) is 44.3 Å². The molecule has 0 aliphatic carbocycles. The molecule has 0 spiro atoms. The highest BCUT2D eigenvalue weighted by molar-refractivity contribution is 5.93. The van der Waals surface area contributed by atoms with E-state index in [-0.39, 0.29) is 11.6 Å². The van der Waals surface area contributed by atoms with Crippen molar-refractivity contribution in [1.82, 2.24) is 9.80 Å². The predicted molar refractivity (Wildman–Crippen MR) is 105 cm³/mol. The fourth-order valence-electron chi connectivity index (χ4n) is 4.53. The summed E-state index contributed by atoms with van der Waals surface area (Å²) < 4.78 is 13.2. The molecule has 3 aliphatic rings. The summed E-state index contributed by atoms with van der Waals surface area (Å²) in [5.74, 6) is 0.643. The van der Waals surface area contributed by atoms with Gasteiger partial charge < -0.3 is 0 Å². The van der Waals surface area contributed by atoms with Gasteiger partial charge in [0.25, 0.3) is 0 Å². The molecule has 0 amide bonds. The number of Topliss-reactive ketones (excluding diaryl/α,β-unsaturated/α-hetero) is 1. The SMILES string of the molecule is CC(=O)c1ccc(CN2C[C@H]3CC[C@@H]2CN(Cc2ccc(F)cc2)C3)cc1. The summed E-state index contributed by atoms with van der Waals surface area (Å²) in [6.07, 6.45) is 2.54. The van der Waals surface area contributed by atoms with E-state index in [0.29, 0.717) is 12.0 Å². The number of halogens is 1. The van der Waals surface area contributed by atoms with Gasteiger partial charge in [0.2, 0.25) is 0 Å². The van der Waals surface area contributed by atoms with E-state index in [9.17, 15) is 9.18 Å². The van der Waals surface area contributed by atoms with Crippen molar-refractivity contribution in [1.29, 1.82) is 0 Å². The van der Waals surface area contributed by atoms with Gasteiger partial charge in [0.15, 0.2) is 5.78 Å². The van der Waals surface area contributed by atoms with Crippen molar-refractivity contribution in [2.45, 2.75) is 38.9 Å². The molecule has 27 heavy (non-hydrogen) atoms. The summed E-state index contributed by atoms with van der Waals surface area (Å²) in [7, 11) is 0. The van der Waals surface area contributed by atoms with E-state index >= 15 is 0 Å². The van der Waals surface area contributed by atoms with Crippen LogP contribution in [0.5, 0.6) is 0 Å². The van der Waals surface area contributed by atoms with Crippen molar-refractivity contribution >= 4 is 5.78 Å². The van der Waals surface area contributed by atoms with E-state index < -0.39 is 0 Å².